The smallest absolute Gasteiger partial charge is 0.220 e. The summed E-state index contributed by atoms with van der Waals surface area (Å²) in [6.45, 7) is 2.19. The molecule has 0 aromatic rings. The second-order valence-corrected chi connectivity index (χ2v) is 5.60. The van der Waals surface area contributed by atoms with Gasteiger partial charge in [0.2, 0.25) is 5.91 Å². The number of amides is 1. The van der Waals surface area contributed by atoms with Crippen molar-refractivity contribution in [3.8, 4) is 0 Å². The third kappa shape index (κ3) is 5.29. The predicted octanol–water partition coefficient (Wildman–Crippen LogP) is 4.01. The molecule has 0 radical (unpaired) electrons. The third-order valence-corrected chi connectivity index (χ3v) is 4.24. The Morgan fingerprint density at radius 3 is 2.47 bits per heavy atom. The number of nitrogens with one attached hydrogen (secondary N) is 1. The van der Waals surface area contributed by atoms with Crippen LogP contribution in [0.15, 0.2) is 0 Å². The summed E-state index contributed by atoms with van der Waals surface area (Å²) in [5.41, 5.74) is -0.0956. The van der Waals surface area contributed by atoms with Gasteiger partial charge in [0.15, 0.2) is 0 Å². The van der Waals surface area contributed by atoms with Crippen molar-refractivity contribution in [2.45, 2.75) is 76.7 Å². The fraction of sp³-hybridized carbons (Fsp3) is 0.929. The summed E-state index contributed by atoms with van der Waals surface area (Å²) in [6, 6.07) is 0. The highest BCUT2D eigenvalue weighted by atomic mass is 35.5. The zero-order valence-corrected chi connectivity index (χ0v) is 11.8. The highest BCUT2D eigenvalue weighted by Gasteiger charge is 2.32. The van der Waals surface area contributed by atoms with Crippen LogP contribution in [0.4, 0.5) is 0 Å². The standard InChI is InChI=1S/C14H26ClNO/c1-2-3-4-6-9-13(17)16-14(12-15)10-7-5-8-11-14/h2-12H2,1H3,(H,16,17). The predicted molar refractivity (Wildman–Crippen MR) is 73.4 cm³/mol. The van der Waals surface area contributed by atoms with Crippen LogP contribution in [0.5, 0.6) is 0 Å². The Hall–Kier alpha value is -0.240. The lowest BCUT2D eigenvalue weighted by atomic mass is 9.83. The molecule has 100 valence electrons. The molecule has 0 aromatic carbocycles. The van der Waals surface area contributed by atoms with E-state index in [1.807, 2.05) is 0 Å². The fourth-order valence-corrected chi connectivity index (χ4v) is 2.93. The van der Waals surface area contributed by atoms with E-state index in [2.05, 4.69) is 12.2 Å². The molecule has 1 N–H and O–H groups in total. The molecule has 0 aliphatic heterocycles. The average molecular weight is 260 g/mol. The van der Waals surface area contributed by atoms with Gasteiger partial charge in [-0.15, -0.1) is 11.6 Å². The molecule has 0 spiro atoms. The summed E-state index contributed by atoms with van der Waals surface area (Å²) in [5.74, 6) is 0.761. The van der Waals surface area contributed by atoms with Crippen LogP contribution < -0.4 is 5.32 Å². The molecular weight excluding hydrogens is 234 g/mol. The van der Waals surface area contributed by atoms with Crippen LogP contribution in [-0.4, -0.2) is 17.3 Å². The van der Waals surface area contributed by atoms with Gasteiger partial charge in [0.05, 0.1) is 5.54 Å². The van der Waals surface area contributed by atoms with E-state index >= 15 is 0 Å². The normalized spacial score (nSPS) is 18.9. The van der Waals surface area contributed by atoms with Gasteiger partial charge in [-0.25, -0.2) is 0 Å². The molecule has 17 heavy (non-hydrogen) atoms. The average Bonchev–Trinajstić information content (AvgIpc) is 2.36. The molecule has 0 heterocycles. The lowest BCUT2D eigenvalue weighted by Gasteiger charge is -2.36. The Morgan fingerprint density at radius 1 is 1.18 bits per heavy atom. The summed E-state index contributed by atoms with van der Waals surface area (Å²) >= 11 is 6.05. The number of halogens is 1. The van der Waals surface area contributed by atoms with Crippen molar-refractivity contribution in [2.75, 3.05) is 5.88 Å². The molecule has 1 amide bonds. The molecule has 0 unspecified atom stereocenters. The number of unbranched alkanes of at least 4 members (excludes halogenated alkanes) is 3. The van der Waals surface area contributed by atoms with Crippen LogP contribution in [0, 0.1) is 0 Å². The van der Waals surface area contributed by atoms with E-state index in [0.717, 1.165) is 25.7 Å². The highest BCUT2D eigenvalue weighted by molar-refractivity contribution is 6.18. The summed E-state index contributed by atoms with van der Waals surface area (Å²) in [4.78, 5) is 11.9. The van der Waals surface area contributed by atoms with E-state index in [0.29, 0.717) is 12.3 Å². The summed E-state index contributed by atoms with van der Waals surface area (Å²) in [5, 5.41) is 3.19. The SMILES string of the molecule is CCCCCCC(=O)NC1(CCl)CCCCC1. The van der Waals surface area contributed by atoms with Crippen LogP contribution in [0.1, 0.15) is 71.1 Å². The number of hydrogen-bond donors (Lipinski definition) is 1. The van der Waals surface area contributed by atoms with Gasteiger partial charge in [-0.05, 0) is 19.3 Å². The van der Waals surface area contributed by atoms with E-state index in [9.17, 15) is 4.79 Å². The van der Waals surface area contributed by atoms with Crippen molar-refractivity contribution in [1.82, 2.24) is 5.32 Å². The summed E-state index contributed by atoms with van der Waals surface area (Å²) in [7, 11) is 0. The third-order valence-electron chi connectivity index (χ3n) is 3.73. The van der Waals surface area contributed by atoms with Gasteiger partial charge in [-0.3, -0.25) is 4.79 Å². The number of carbonyl (C=O) groups is 1. The van der Waals surface area contributed by atoms with E-state index in [1.54, 1.807) is 0 Å². The molecule has 1 saturated carbocycles. The molecular formula is C14H26ClNO. The minimum atomic E-state index is -0.0956. The second kappa shape index (κ2) is 7.97. The first kappa shape index (κ1) is 14.8. The van der Waals surface area contributed by atoms with Gasteiger partial charge in [-0.2, -0.15) is 0 Å². The Kier molecular flexibility index (Phi) is 6.94. The Morgan fingerprint density at radius 2 is 1.88 bits per heavy atom. The molecule has 1 aliphatic rings. The minimum Gasteiger partial charge on any atom is -0.349 e. The van der Waals surface area contributed by atoms with Crippen molar-refractivity contribution in [3.05, 3.63) is 0 Å². The molecule has 0 atom stereocenters. The minimum absolute atomic E-state index is 0.0956. The maximum absolute atomic E-state index is 11.9. The topological polar surface area (TPSA) is 29.1 Å². The zero-order chi connectivity index (χ0) is 12.6. The van der Waals surface area contributed by atoms with Crippen molar-refractivity contribution < 1.29 is 4.79 Å². The van der Waals surface area contributed by atoms with E-state index in [-0.39, 0.29) is 11.4 Å². The van der Waals surface area contributed by atoms with Crippen molar-refractivity contribution >= 4 is 17.5 Å². The molecule has 1 aliphatic carbocycles. The molecule has 2 nitrogen and oxygen atoms in total. The van der Waals surface area contributed by atoms with Gasteiger partial charge in [0.1, 0.15) is 0 Å². The Bertz CT molecular complexity index is 224. The van der Waals surface area contributed by atoms with Gasteiger partial charge < -0.3 is 5.32 Å². The Balaban J connectivity index is 2.27. The second-order valence-electron chi connectivity index (χ2n) is 5.33. The maximum Gasteiger partial charge on any atom is 0.220 e. The highest BCUT2D eigenvalue weighted by Crippen LogP contribution is 2.29. The van der Waals surface area contributed by atoms with Crippen LogP contribution in [-0.2, 0) is 4.79 Å². The van der Waals surface area contributed by atoms with Gasteiger partial charge >= 0.3 is 0 Å². The molecule has 3 heteroatoms. The lowest BCUT2D eigenvalue weighted by molar-refractivity contribution is -0.123. The van der Waals surface area contributed by atoms with Gasteiger partial charge in [0, 0.05) is 12.3 Å². The number of carbonyl (C=O) groups excluding carboxylic acids is 1. The molecule has 0 aromatic heterocycles. The van der Waals surface area contributed by atoms with Crippen LogP contribution >= 0.6 is 11.6 Å². The lowest BCUT2D eigenvalue weighted by Crippen LogP contribution is -2.51. The summed E-state index contributed by atoms with van der Waals surface area (Å²) < 4.78 is 0. The number of rotatable bonds is 7. The van der Waals surface area contributed by atoms with Crippen molar-refractivity contribution in [3.63, 3.8) is 0 Å². The maximum atomic E-state index is 11.9. The molecule has 1 rings (SSSR count). The van der Waals surface area contributed by atoms with Crippen LogP contribution in [0.3, 0.4) is 0 Å². The molecule has 1 fully saturated rings. The van der Waals surface area contributed by atoms with E-state index in [4.69, 9.17) is 11.6 Å². The van der Waals surface area contributed by atoms with Gasteiger partial charge in [-0.1, -0.05) is 45.4 Å². The number of alkyl halides is 1. The quantitative estimate of drug-likeness (QED) is 0.543. The number of hydrogen-bond acceptors (Lipinski definition) is 1. The van der Waals surface area contributed by atoms with Gasteiger partial charge in [0.25, 0.3) is 0 Å². The molecule has 0 bridgehead atoms. The Labute approximate surface area is 110 Å². The zero-order valence-electron chi connectivity index (χ0n) is 11.1. The van der Waals surface area contributed by atoms with Crippen molar-refractivity contribution in [2.24, 2.45) is 0 Å². The first-order valence-corrected chi connectivity index (χ1v) is 7.63. The monoisotopic (exact) mass is 259 g/mol. The first-order valence-electron chi connectivity index (χ1n) is 7.09. The van der Waals surface area contributed by atoms with E-state index < -0.39 is 0 Å². The van der Waals surface area contributed by atoms with Crippen LogP contribution in [0.25, 0.3) is 0 Å². The van der Waals surface area contributed by atoms with Crippen molar-refractivity contribution in [1.29, 1.82) is 0 Å². The largest absolute Gasteiger partial charge is 0.349 e. The molecule has 0 saturated heterocycles. The first-order chi connectivity index (χ1) is 8.22. The fourth-order valence-electron chi connectivity index (χ4n) is 2.59. The summed E-state index contributed by atoms with van der Waals surface area (Å²) in [6.07, 6.45) is 11.1. The van der Waals surface area contributed by atoms with Crippen LogP contribution in [0.2, 0.25) is 0 Å². The van der Waals surface area contributed by atoms with E-state index in [1.165, 1.54) is 32.1 Å².